The fraction of sp³-hybridized carbons (Fsp3) is 0.200. The van der Waals surface area contributed by atoms with Crippen molar-refractivity contribution in [1.29, 1.82) is 0 Å². The van der Waals surface area contributed by atoms with Gasteiger partial charge in [-0.15, -0.1) is 0 Å². The van der Waals surface area contributed by atoms with Crippen LogP contribution >= 0.6 is 12.2 Å². The molecule has 1 aromatic carbocycles. The molecule has 0 aliphatic carbocycles. The molecule has 0 spiro atoms. The molecule has 0 saturated carbocycles. The Morgan fingerprint density at radius 1 is 1.33 bits per heavy atom. The largest absolute Gasteiger partial charge is 0.508 e. The number of thiocarbonyl (C=S) groups is 1. The van der Waals surface area contributed by atoms with Gasteiger partial charge in [0.1, 0.15) is 5.75 Å². The van der Waals surface area contributed by atoms with Crippen molar-refractivity contribution in [1.82, 2.24) is 10.7 Å². The molecule has 0 fully saturated rings. The van der Waals surface area contributed by atoms with E-state index in [2.05, 4.69) is 15.8 Å². The minimum Gasteiger partial charge on any atom is -0.508 e. The predicted octanol–water partition coefficient (Wildman–Crippen LogP) is 1.21. The van der Waals surface area contributed by atoms with Gasteiger partial charge in [0, 0.05) is 7.05 Å². The number of hydrogen-bond acceptors (Lipinski definition) is 3. The first-order chi connectivity index (χ1) is 7.13. The summed E-state index contributed by atoms with van der Waals surface area (Å²) in [4.78, 5) is 0. The van der Waals surface area contributed by atoms with Crippen molar-refractivity contribution in [3.8, 4) is 5.75 Å². The smallest absolute Gasteiger partial charge is 0.186 e. The van der Waals surface area contributed by atoms with Crippen LogP contribution in [0.25, 0.3) is 0 Å². The minimum absolute atomic E-state index is 0.241. The van der Waals surface area contributed by atoms with Gasteiger partial charge < -0.3 is 10.4 Å². The van der Waals surface area contributed by atoms with E-state index in [4.69, 9.17) is 17.3 Å². The third kappa shape index (κ3) is 3.55. The van der Waals surface area contributed by atoms with Crippen LogP contribution in [0.2, 0.25) is 0 Å². The lowest BCUT2D eigenvalue weighted by molar-refractivity contribution is 0.475. The highest BCUT2D eigenvalue weighted by molar-refractivity contribution is 7.80. The number of phenols is 1. The lowest BCUT2D eigenvalue weighted by Gasteiger charge is -2.03. The van der Waals surface area contributed by atoms with Crippen molar-refractivity contribution in [2.75, 3.05) is 7.05 Å². The van der Waals surface area contributed by atoms with Crippen LogP contribution in [0.4, 0.5) is 0 Å². The maximum atomic E-state index is 9.11. The molecule has 0 saturated heterocycles. The van der Waals surface area contributed by atoms with Crippen LogP contribution in [0.3, 0.4) is 0 Å². The van der Waals surface area contributed by atoms with E-state index in [0.717, 1.165) is 11.3 Å². The normalized spacial score (nSPS) is 10.9. The summed E-state index contributed by atoms with van der Waals surface area (Å²) in [7, 11) is 1.72. The summed E-state index contributed by atoms with van der Waals surface area (Å²) in [5.41, 5.74) is 4.42. The van der Waals surface area contributed by atoms with Gasteiger partial charge in [-0.25, -0.2) is 0 Å². The molecular weight excluding hydrogens is 210 g/mol. The molecule has 0 atom stereocenters. The molecular formula is C10H13N3OS. The van der Waals surface area contributed by atoms with E-state index in [9.17, 15) is 0 Å². The number of nitrogens with zero attached hydrogens (tertiary/aromatic N) is 1. The lowest BCUT2D eigenvalue weighted by Crippen LogP contribution is -2.29. The molecule has 0 heterocycles. The molecule has 1 aromatic rings. The van der Waals surface area contributed by atoms with Crippen molar-refractivity contribution in [2.24, 2.45) is 5.10 Å². The molecule has 0 bridgehead atoms. The van der Waals surface area contributed by atoms with Crippen molar-refractivity contribution in [2.45, 2.75) is 6.92 Å². The summed E-state index contributed by atoms with van der Waals surface area (Å²) in [5, 5.41) is 16.4. The van der Waals surface area contributed by atoms with Gasteiger partial charge in [-0.1, -0.05) is 0 Å². The second kappa shape index (κ2) is 5.31. The van der Waals surface area contributed by atoms with Crippen LogP contribution in [-0.4, -0.2) is 23.0 Å². The summed E-state index contributed by atoms with van der Waals surface area (Å²) >= 11 is 4.88. The zero-order valence-corrected chi connectivity index (χ0v) is 9.43. The second-order valence-corrected chi connectivity index (χ2v) is 3.34. The molecule has 80 valence electrons. The maximum Gasteiger partial charge on any atom is 0.186 e. The monoisotopic (exact) mass is 223 g/mol. The molecule has 4 nitrogen and oxygen atoms in total. The number of benzene rings is 1. The van der Waals surface area contributed by atoms with Gasteiger partial charge in [-0.2, -0.15) is 5.10 Å². The Kier molecular flexibility index (Phi) is 4.05. The maximum absolute atomic E-state index is 9.11. The van der Waals surface area contributed by atoms with Gasteiger partial charge in [0.15, 0.2) is 5.11 Å². The quantitative estimate of drug-likeness (QED) is 0.401. The van der Waals surface area contributed by atoms with E-state index in [-0.39, 0.29) is 5.75 Å². The van der Waals surface area contributed by atoms with Crippen LogP contribution < -0.4 is 10.7 Å². The molecule has 0 amide bonds. The molecule has 5 heteroatoms. The van der Waals surface area contributed by atoms with Crippen molar-refractivity contribution in [3.05, 3.63) is 29.8 Å². The Balaban J connectivity index is 2.71. The summed E-state index contributed by atoms with van der Waals surface area (Å²) in [6, 6.07) is 6.81. The first-order valence-corrected chi connectivity index (χ1v) is 4.85. The van der Waals surface area contributed by atoms with Crippen LogP contribution in [-0.2, 0) is 0 Å². The summed E-state index contributed by atoms with van der Waals surface area (Å²) < 4.78 is 0. The highest BCUT2D eigenvalue weighted by atomic mass is 32.1. The van der Waals surface area contributed by atoms with E-state index < -0.39 is 0 Å². The van der Waals surface area contributed by atoms with Gasteiger partial charge in [-0.05, 0) is 49.0 Å². The van der Waals surface area contributed by atoms with Gasteiger partial charge in [-0.3, -0.25) is 5.43 Å². The van der Waals surface area contributed by atoms with E-state index in [0.29, 0.717) is 5.11 Å². The molecule has 1 rings (SSSR count). The highest BCUT2D eigenvalue weighted by Gasteiger charge is 1.97. The van der Waals surface area contributed by atoms with Crippen LogP contribution in [0.5, 0.6) is 5.75 Å². The van der Waals surface area contributed by atoms with E-state index in [1.807, 2.05) is 6.92 Å². The fourth-order valence-electron chi connectivity index (χ4n) is 0.958. The molecule has 0 aliphatic rings. The standard InChI is InChI=1S/C10H13N3OS/c1-7(12-13-10(15)11-2)8-3-5-9(14)6-4-8/h3-6,14H,1-2H3,(H2,11,13,15). The zero-order chi connectivity index (χ0) is 11.3. The SMILES string of the molecule is CNC(=S)NN=C(C)c1ccc(O)cc1. The summed E-state index contributed by atoms with van der Waals surface area (Å²) in [6.07, 6.45) is 0. The van der Waals surface area contributed by atoms with Crippen LogP contribution in [0.15, 0.2) is 29.4 Å². The summed E-state index contributed by atoms with van der Waals surface area (Å²) in [6.45, 7) is 1.86. The number of nitrogens with one attached hydrogen (secondary N) is 2. The van der Waals surface area contributed by atoms with Crippen LogP contribution in [0, 0.1) is 0 Å². The van der Waals surface area contributed by atoms with Gasteiger partial charge in [0.05, 0.1) is 5.71 Å². The Morgan fingerprint density at radius 2 is 1.93 bits per heavy atom. The van der Waals surface area contributed by atoms with Crippen molar-refractivity contribution >= 4 is 23.0 Å². The number of phenolic OH excluding ortho intramolecular Hbond substituents is 1. The van der Waals surface area contributed by atoms with Crippen molar-refractivity contribution in [3.63, 3.8) is 0 Å². The van der Waals surface area contributed by atoms with E-state index in [1.54, 1.807) is 31.3 Å². The Labute approximate surface area is 94.0 Å². The number of rotatable bonds is 2. The van der Waals surface area contributed by atoms with Gasteiger partial charge >= 0.3 is 0 Å². The van der Waals surface area contributed by atoms with E-state index >= 15 is 0 Å². The first kappa shape index (κ1) is 11.5. The van der Waals surface area contributed by atoms with Gasteiger partial charge in [0.2, 0.25) is 0 Å². The average molecular weight is 223 g/mol. The van der Waals surface area contributed by atoms with Gasteiger partial charge in [0.25, 0.3) is 0 Å². The third-order valence-electron chi connectivity index (χ3n) is 1.84. The number of aromatic hydroxyl groups is 1. The van der Waals surface area contributed by atoms with Crippen molar-refractivity contribution < 1.29 is 5.11 Å². The predicted molar refractivity (Wildman–Crippen MR) is 65.1 cm³/mol. The fourth-order valence-corrected chi connectivity index (χ4v) is 1.00. The average Bonchev–Trinajstić information content (AvgIpc) is 2.26. The third-order valence-corrected chi connectivity index (χ3v) is 2.13. The zero-order valence-electron chi connectivity index (χ0n) is 8.61. The Hall–Kier alpha value is -1.62. The summed E-state index contributed by atoms with van der Waals surface area (Å²) in [5.74, 6) is 0.241. The molecule has 3 N–H and O–H groups in total. The second-order valence-electron chi connectivity index (χ2n) is 2.94. The molecule has 0 aromatic heterocycles. The Morgan fingerprint density at radius 3 is 2.47 bits per heavy atom. The number of hydrazone groups is 1. The van der Waals surface area contributed by atoms with E-state index in [1.165, 1.54) is 0 Å². The molecule has 15 heavy (non-hydrogen) atoms. The molecule has 0 aliphatic heterocycles. The van der Waals surface area contributed by atoms with Crippen LogP contribution in [0.1, 0.15) is 12.5 Å². The number of hydrogen-bond donors (Lipinski definition) is 3. The first-order valence-electron chi connectivity index (χ1n) is 4.45. The Bertz CT molecular complexity index is 373. The molecule has 0 radical (unpaired) electrons. The highest BCUT2D eigenvalue weighted by Crippen LogP contribution is 2.09. The topological polar surface area (TPSA) is 56.7 Å². The lowest BCUT2D eigenvalue weighted by atomic mass is 10.1. The minimum atomic E-state index is 0.241. The molecule has 0 unspecified atom stereocenters.